The Kier molecular flexibility index (Phi) is 8.37. The molecule has 0 saturated heterocycles. The molecule has 0 N–H and O–H groups in total. The van der Waals surface area contributed by atoms with E-state index >= 15 is 0 Å². The first kappa shape index (κ1) is 19.2. The minimum Gasteiger partial charge on any atom is -0.456 e. The van der Waals surface area contributed by atoms with Crippen LogP contribution in [0.2, 0.25) is 0 Å². The molecule has 2 nitrogen and oxygen atoms in total. The van der Waals surface area contributed by atoms with Crippen molar-refractivity contribution in [2.45, 2.75) is 53.1 Å². The van der Waals surface area contributed by atoms with Crippen molar-refractivity contribution >= 4 is 12.0 Å². The van der Waals surface area contributed by atoms with E-state index in [-0.39, 0.29) is 11.6 Å². The first-order chi connectivity index (χ1) is 9.75. The Hall–Kier alpha value is -1.83. The molecule has 1 aromatic rings. The van der Waals surface area contributed by atoms with Crippen LogP contribution < -0.4 is 0 Å². The van der Waals surface area contributed by atoms with Crippen LogP contribution in [0.3, 0.4) is 0 Å². The van der Waals surface area contributed by atoms with Crippen LogP contribution in [-0.2, 0) is 16.0 Å². The summed E-state index contributed by atoms with van der Waals surface area (Å²) < 4.78 is 5.11. The van der Waals surface area contributed by atoms with E-state index in [1.54, 1.807) is 6.92 Å². The zero-order valence-corrected chi connectivity index (χ0v) is 14.0. The monoisotopic (exact) mass is 288 g/mol. The van der Waals surface area contributed by atoms with E-state index < -0.39 is 0 Å². The minimum atomic E-state index is -0.365. The normalized spacial score (nSPS) is 10.1. The molecule has 0 radical (unpaired) electrons. The molecule has 0 bridgehead atoms. The van der Waals surface area contributed by atoms with Crippen molar-refractivity contribution in [1.82, 2.24) is 0 Å². The Labute approximate surface area is 129 Å². The van der Waals surface area contributed by atoms with Gasteiger partial charge in [0.25, 0.3) is 0 Å². The Bertz CT molecular complexity index is 467. The molecule has 21 heavy (non-hydrogen) atoms. The number of hydrogen-bond donors (Lipinski definition) is 0. The van der Waals surface area contributed by atoms with E-state index in [0.717, 1.165) is 12.8 Å². The quantitative estimate of drug-likeness (QED) is 0.551. The molecule has 0 amide bonds. The van der Waals surface area contributed by atoms with E-state index in [1.807, 2.05) is 26.8 Å². The Balaban J connectivity index is 0.000000382. The van der Waals surface area contributed by atoms with Crippen LogP contribution in [0.4, 0.5) is 0 Å². The molecule has 2 heteroatoms. The third-order valence-electron chi connectivity index (χ3n) is 3.19. The minimum absolute atomic E-state index is 0.308. The first-order valence-corrected chi connectivity index (χ1v) is 7.36. The molecule has 0 unspecified atom stereocenters. The fourth-order valence-corrected chi connectivity index (χ4v) is 1.30. The third kappa shape index (κ3) is 8.13. The molecule has 1 rings (SSSR count). The van der Waals surface area contributed by atoms with Gasteiger partial charge in [-0.05, 0) is 44.7 Å². The molecule has 0 saturated carbocycles. The van der Waals surface area contributed by atoms with Crippen molar-refractivity contribution in [2.24, 2.45) is 0 Å². The zero-order chi connectivity index (χ0) is 16.5. The maximum absolute atomic E-state index is 11.0. The lowest BCUT2D eigenvalue weighted by molar-refractivity contribution is -0.151. The van der Waals surface area contributed by atoms with Crippen molar-refractivity contribution in [3.05, 3.63) is 54.1 Å². The number of carbonyl (C=O) groups is 1. The number of rotatable bonds is 5. The highest BCUT2D eigenvalue weighted by molar-refractivity contribution is 5.87. The van der Waals surface area contributed by atoms with E-state index in [4.69, 9.17) is 4.74 Å². The molecule has 1 aromatic carbocycles. The largest absolute Gasteiger partial charge is 0.456 e. The lowest BCUT2D eigenvalue weighted by Gasteiger charge is -2.23. The number of ether oxygens (including phenoxy) is 1. The topological polar surface area (TPSA) is 26.3 Å². The first-order valence-electron chi connectivity index (χ1n) is 7.36. The fourth-order valence-electron chi connectivity index (χ4n) is 1.30. The molecule has 0 atom stereocenters. The summed E-state index contributed by atoms with van der Waals surface area (Å²) >= 11 is 0. The standard InChI is InChI=1S/C10H12.C9H16O2/c1-3-9-5-7-10(4-2)8-6-9;1-6-9(4,5)11-8(10)7(2)3/h3,5-8H,1,4H2,2H3;2,6H2,1,3-5H3. The summed E-state index contributed by atoms with van der Waals surface area (Å²) in [5.41, 5.74) is 2.66. The number of carbonyl (C=O) groups excluding carboxylic acids is 1. The van der Waals surface area contributed by atoms with Gasteiger partial charge in [-0.25, -0.2) is 4.79 Å². The van der Waals surface area contributed by atoms with Crippen LogP contribution in [0.1, 0.15) is 52.2 Å². The van der Waals surface area contributed by atoms with Gasteiger partial charge in [0.1, 0.15) is 5.60 Å². The number of aryl methyl sites for hydroxylation is 1. The lowest BCUT2D eigenvalue weighted by Crippen LogP contribution is -2.27. The van der Waals surface area contributed by atoms with Gasteiger partial charge >= 0.3 is 5.97 Å². The second-order valence-corrected chi connectivity index (χ2v) is 5.58. The van der Waals surface area contributed by atoms with Crippen LogP contribution in [0.25, 0.3) is 6.08 Å². The van der Waals surface area contributed by atoms with E-state index in [2.05, 4.69) is 44.3 Å². The summed E-state index contributed by atoms with van der Waals surface area (Å²) in [5.74, 6) is -0.308. The highest BCUT2D eigenvalue weighted by Gasteiger charge is 2.20. The predicted molar refractivity (Wildman–Crippen MR) is 91.2 cm³/mol. The fraction of sp³-hybridized carbons (Fsp3) is 0.421. The summed E-state index contributed by atoms with van der Waals surface area (Å²) in [6, 6.07) is 8.45. The number of hydrogen-bond acceptors (Lipinski definition) is 2. The highest BCUT2D eigenvalue weighted by atomic mass is 16.6. The van der Waals surface area contributed by atoms with E-state index in [1.165, 1.54) is 11.1 Å². The molecule has 0 spiro atoms. The predicted octanol–water partition coefficient (Wildman–Crippen LogP) is 5.19. The molecular formula is C19H28O2. The maximum atomic E-state index is 11.0. The molecular weight excluding hydrogens is 260 g/mol. The summed E-state index contributed by atoms with van der Waals surface area (Å²) in [5, 5.41) is 0. The van der Waals surface area contributed by atoms with Crippen LogP contribution >= 0.6 is 0 Å². The summed E-state index contributed by atoms with van der Waals surface area (Å²) in [4.78, 5) is 11.0. The van der Waals surface area contributed by atoms with E-state index in [0.29, 0.717) is 5.57 Å². The Morgan fingerprint density at radius 3 is 2.10 bits per heavy atom. The van der Waals surface area contributed by atoms with Gasteiger partial charge in [-0.15, -0.1) is 0 Å². The van der Waals surface area contributed by atoms with Crippen LogP contribution in [0.5, 0.6) is 0 Å². The van der Waals surface area contributed by atoms with Crippen LogP contribution in [0, 0.1) is 0 Å². The molecule has 0 aliphatic heterocycles. The second kappa shape index (κ2) is 9.17. The van der Waals surface area contributed by atoms with Gasteiger partial charge in [0.05, 0.1) is 0 Å². The van der Waals surface area contributed by atoms with Gasteiger partial charge < -0.3 is 4.74 Å². The Morgan fingerprint density at radius 2 is 1.76 bits per heavy atom. The van der Waals surface area contributed by atoms with Crippen LogP contribution in [-0.4, -0.2) is 11.6 Å². The highest BCUT2D eigenvalue weighted by Crippen LogP contribution is 2.15. The van der Waals surface area contributed by atoms with Crippen molar-refractivity contribution in [3.8, 4) is 0 Å². The van der Waals surface area contributed by atoms with Crippen molar-refractivity contribution in [3.63, 3.8) is 0 Å². The summed E-state index contributed by atoms with van der Waals surface area (Å²) in [7, 11) is 0. The molecule has 116 valence electrons. The zero-order valence-electron chi connectivity index (χ0n) is 14.0. The third-order valence-corrected chi connectivity index (χ3v) is 3.19. The van der Waals surface area contributed by atoms with Gasteiger partial charge in [0, 0.05) is 5.57 Å². The second-order valence-electron chi connectivity index (χ2n) is 5.58. The van der Waals surface area contributed by atoms with Gasteiger partial charge in [0.15, 0.2) is 0 Å². The lowest BCUT2D eigenvalue weighted by atomic mass is 10.1. The molecule has 0 aliphatic carbocycles. The van der Waals surface area contributed by atoms with Crippen LogP contribution in [0.15, 0.2) is 43.0 Å². The van der Waals surface area contributed by atoms with Crippen molar-refractivity contribution in [2.75, 3.05) is 0 Å². The molecule has 0 aliphatic rings. The van der Waals surface area contributed by atoms with Crippen molar-refractivity contribution in [1.29, 1.82) is 0 Å². The average molecular weight is 288 g/mol. The van der Waals surface area contributed by atoms with Gasteiger partial charge in [0.2, 0.25) is 0 Å². The maximum Gasteiger partial charge on any atom is 0.333 e. The molecule has 0 aromatic heterocycles. The van der Waals surface area contributed by atoms with Gasteiger partial charge in [-0.1, -0.05) is 57.3 Å². The van der Waals surface area contributed by atoms with E-state index in [9.17, 15) is 4.79 Å². The molecule has 0 fully saturated rings. The smallest absolute Gasteiger partial charge is 0.333 e. The van der Waals surface area contributed by atoms with Gasteiger partial charge in [-0.3, -0.25) is 0 Å². The number of benzene rings is 1. The Morgan fingerprint density at radius 1 is 1.24 bits per heavy atom. The molecule has 0 heterocycles. The summed E-state index contributed by atoms with van der Waals surface area (Å²) in [6.45, 7) is 16.7. The SMILES string of the molecule is C=C(C)C(=O)OC(C)(C)CC.C=Cc1ccc(CC)cc1. The van der Waals surface area contributed by atoms with Crippen molar-refractivity contribution < 1.29 is 9.53 Å². The van der Waals surface area contributed by atoms with Gasteiger partial charge in [-0.2, -0.15) is 0 Å². The summed E-state index contributed by atoms with van der Waals surface area (Å²) in [6.07, 6.45) is 3.78. The number of esters is 1. The average Bonchev–Trinajstić information content (AvgIpc) is 2.47.